The molecule has 0 bridgehead atoms. The molecule has 26 heavy (non-hydrogen) atoms. The number of sulfonamides is 1. The van der Waals surface area contributed by atoms with Crippen LogP contribution in [-0.4, -0.2) is 33.7 Å². The van der Waals surface area contributed by atoms with Gasteiger partial charge in [-0.05, 0) is 55.8 Å². The van der Waals surface area contributed by atoms with E-state index in [1.165, 1.54) is 24.3 Å². The van der Waals surface area contributed by atoms with Crippen LogP contribution in [-0.2, 0) is 20.5 Å². The zero-order valence-electron chi connectivity index (χ0n) is 14.9. The number of anilines is 2. The average molecular weight is 378 g/mol. The summed E-state index contributed by atoms with van der Waals surface area (Å²) in [5.41, 5.74) is 2.07. The highest BCUT2D eigenvalue weighted by Crippen LogP contribution is 2.25. The number of hydrogen-bond donors (Lipinski definition) is 1. The summed E-state index contributed by atoms with van der Waals surface area (Å²) >= 11 is 0. The van der Waals surface area contributed by atoms with E-state index in [0.717, 1.165) is 5.69 Å². The van der Waals surface area contributed by atoms with Gasteiger partial charge in [-0.15, -0.1) is 0 Å². The molecule has 2 aromatic rings. The first-order chi connectivity index (χ1) is 12.3. The molecule has 2 atom stereocenters. The van der Waals surface area contributed by atoms with Gasteiger partial charge >= 0.3 is 0 Å². The molecule has 140 valence electrons. The molecule has 1 N–H and O–H groups in total. The van der Waals surface area contributed by atoms with Crippen LogP contribution in [0.5, 0.6) is 0 Å². The number of morpholine rings is 1. The summed E-state index contributed by atoms with van der Waals surface area (Å²) in [7, 11) is -3.57. The fraction of sp³-hybridized carbons (Fsp3) is 0.368. The van der Waals surface area contributed by atoms with Crippen molar-refractivity contribution in [2.45, 2.75) is 31.7 Å². The van der Waals surface area contributed by atoms with Crippen molar-refractivity contribution in [3.05, 3.63) is 59.9 Å². The first-order valence-corrected chi connectivity index (χ1v) is 10.2. The number of rotatable bonds is 5. The predicted molar refractivity (Wildman–Crippen MR) is 101 cm³/mol. The van der Waals surface area contributed by atoms with Crippen molar-refractivity contribution >= 4 is 21.4 Å². The molecule has 1 saturated heterocycles. The summed E-state index contributed by atoms with van der Waals surface area (Å²) in [4.78, 5) is 2.28. The highest BCUT2D eigenvalue weighted by atomic mass is 32.2. The van der Waals surface area contributed by atoms with Gasteiger partial charge in [0.1, 0.15) is 5.82 Å². The molecule has 0 aromatic heterocycles. The standard InChI is InChI=1S/C19H23FN2O3S/c1-14-11-25-12-15(2)22(14)19-9-7-18(8-10-19)21-26(23,24)13-16-3-5-17(20)6-4-16/h3-10,14-15,21H,11-13H2,1-2H3. The minimum Gasteiger partial charge on any atom is -0.377 e. The van der Waals surface area contributed by atoms with Crippen LogP contribution in [0.2, 0.25) is 0 Å². The second-order valence-electron chi connectivity index (χ2n) is 6.68. The smallest absolute Gasteiger partial charge is 0.236 e. The first kappa shape index (κ1) is 18.7. The van der Waals surface area contributed by atoms with Gasteiger partial charge in [0, 0.05) is 23.5 Å². The van der Waals surface area contributed by atoms with Gasteiger partial charge < -0.3 is 9.64 Å². The summed E-state index contributed by atoms with van der Waals surface area (Å²) < 4.78 is 45.7. The Labute approximate surface area is 153 Å². The largest absolute Gasteiger partial charge is 0.377 e. The maximum Gasteiger partial charge on any atom is 0.236 e. The molecule has 7 heteroatoms. The minimum absolute atomic E-state index is 0.202. The molecular formula is C19H23FN2O3S. The third-order valence-corrected chi connectivity index (χ3v) is 5.64. The Bertz CT molecular complexity index is 828. The van der Waals surface area contributed by atoms with E-state index in [4.69, 9.17) is 4.74 Å². The number of nitrogens with zero attached hydrogens (tertiary/aromatic N) is 1. The summed E-state index contributed by atoms with van der Waals surface area (Å²) in [6.07, 6.45) is 0. The molecule has 0 amide bonds. The van der Waals surface area contributed by atoms with E-state index >= 15 is 0 Å². The van der Waals surface area contributed by atoms with Crippen LogP contribution in [0.25, 0.3) is 0 Å². The zero-order chi connectivity index (χ0) is 18.7. The fourth-order valence-corrected chi connectivity index (χ4v) is 4.43. The quantitative estimate of drug-likeness (QED) is 0.867. The van der Waals surface area contributed by atoms with Gasteiger partial charge in [-0.25, -0.2) is 12.8 Å². The normalized spacial score (nSPS) is 20.8. The second-order valence-corrected chi connectivity index (χ2v) is 8.40. The number of ether oxygens (including phenoxy) is 1. The van der Waals surface area contributed by atoms with Crippen LogP contribution in [0, 0.1) is 5.82 Å². The lowest BCUT2D eigenvalue weighted by molar-refractivity contribution is 0.0757. The number of hydrogen-bond acceptors (Lipinski definition) is 4. The highest BCUT2D eigenvalue weighted by Gasteiger charge is 2.25. The summed E-state index contributed by atoms with van der Waals surface area (Å²) in [5.74, 6) is -0.590. The van der Waals surface area contributed by atoms with Gasteiger partial charge in [0.15, 0.2) is 0 Å². The van der Waals surface area contributed by atoms with Gasteiger partial charge in [-0.2, -0.15) is 0 Å². The molecule has 5 nitrogen and oxygen atoms in total. The van der Waals surface area contributed by atoms with Crippen molar-refractivity contribution in [2.24, 2.45) is 0 Å². The molecule has 2 aromatic carbocycles. The molecule has 1 aliphatic rings. The summed E-state index contributed by atoms with van der Waals surface area (Å²) in [6, 6.07) is 13.3. The van der Waals surface area contributed by atoms with E-state index in [1.54, 1.807) is 12.1 Å². The van der Waals surface area contributed by atoms with Crippen molar-refractivity contribution < 1.29 is 17.5 Å². The van der Waals surface area contributed by atoms with Crippen LogP contribution in [0.1, 0.15) is 19.4 Å². The number of nitrogens with one attached hydrogen (secondary N) is 1. The van der Waals surface area contributed by atoms with E-state index in [0.29, 0.717) is 24.5 Å². The highest BCUT2D eigenvalue weighted by molar-refractivity contribution is 7.91. The van der Waals surface area contributed by atoms with Gasteiger partial charge in [0.25, 0.3) is 0 Å². The van der Waals surface area contributed by atoms with Crippen LogP contribution in [0.15, 0.2) is 48.5 Å². The Morgan fingerprint density at radius 1 is 1.04 bits per heavy atom. The van der Waals surface area contributed by atoms with Crippen LogP contribution in [0.3, 0.4) is 0 Å². The molecule has 0 spiro atoms. The summed E-state index contributed by atoms with van der Waals surface area (Å²) in [5, 5.41) is 0. The van der Waals surface area contributed by atoms with E-state index in [-0.39, 0.29) is 23.7 Å². The van der Waals surface area contributed by atoms with E-state index in [1.807, 2.05) is 12.1 Å². The molecule has 3 rings (SSSR count). The van der Waals surface area contributed by atoms with Crippen molar-refractivity contribution in [3.63, 3.8) is 0 Å². The first-order valence-electron chi connectivity index (χ1n) is 8.55. The van der Waals surface area contributed by atoms with Crippen LogP contribution >= 0.6 is 0 Å². The van der Waals surface area contributed by atoms with Crippen molar-refractivity contribution in [3.8, 4) is 0 Å². The number of halogens is 1. The number of benzene rings is 2. The van der Waals surface area contributed by atoms with Gasteiger partial charge in [-0.3, -0.25) is 4.72 Å². The van der Waals surface area contributed by atoms with Gasteiger partial charge in [0.05, 0.1) is 19.0 Å². The lowest BCUT2D eigenvalue weighted by Crippen LogP contribution is -2.49. The Hall–Kier alpha value is -2.12. The third-order valence-electron chi connectivity index (χ3n) is 4.38. The maximum atomic E-state index is 12.9. The fourth-order valence-electron chi connectivity index (χ4n) is 3.23. The molecular weight excluding hydrogens is 355 g/mol. The molecule has 0 radical (unpaired) electrons. The summed E-state index contributed by atoms with van der Waals surface area (Å²) in [6.45, 7) is 5.57. The van der Waals surface area contributed by atoms with E-state index in [9.17, 15) is 12.8 Å². The Balaban J connectivity index is 1.69. The van der Waals surface area contributed by atoms with E-state index in [2.05, 4.69) is 23.5 Å². The van der Waals surface area contributed by atoms with E-state index < -0.39 is 10.0 Å². The topological polar surface area (TPSA) is 58.6 Å². The van der Waals surface area contributed by atoms with Crippen molar-refractivity contribution in [1.29, 1.82) is 0 Å². The Morgan fingerprint density at radius 2 is 1.62 bits per heavy atom. The molecule has 1 aliphatic heterocycles. The third kappa shape index (κ3) is 4.53. The average Bonchev–Trinajstić information content (AvgIpc) is 2.58. The molecule has 0 aliphatic carbocycles. The Morgan fingerprint density at radius 3 is 2.19 bits per heavy atom. The van der Waals surface area contributed by atoms with Gasteiger partial charge in [-0.1, -0.05) is 12.1 Å². The molecule has 1 fully saturated rings. The van der Waals surface area contributed by atoms with Crippen LogP contribution in [0.4, 0.5) is 15.8 Å². The monoisotopic (exact) mass is 378 g/mol. The SMILES string of the molecule is CC1COCC(C)N1c1ccc(NS(=O)(=O)Cc2ccc(F)cc2)cc1. The van der Waals surface area contributed by atoms with Crippen LogP contribution < -0.4 is 9.62 Å². The van der Waals surface area contributed by atoms with Crippen molar-refractivity contribution in [1.82, 2.24) is 0 Å². The predicted octanol–water partition coefficient (Wildman–Crippen LogP) is 3.38. The molecule has 0 saturated carbocycles. The lowest BCUT2D eigenvalue weighted by Gasteiger charge is -2.40. The lowest BCUT2D eigenvalue weighted by atomic mass is 10.1. The molecule has 1 heterocycles. The van der Waals surface area contributed by atoms with Crippen molar-refractivity contribution in [2.75, 3.05) is 22.8 Å². The second kappa shape index (κ2) is 7.63. The Kier molecular flexibility index (Phi) is 5.48. The molecule has 2 unspecified atom stereocenters. The van der Waals surface area contributed by atoms with Gasteiger partial charge in [0.2, 0.25) is 10.0 Å². The minimum atomic E-state index is -3.57. The zero-order valence-corrected chi connectivity index (χ0v) is 15.7. The maximum absolute atomic E-state index is 12.9.